The molecule has 0 saturated heterocycles. The first-order valence-electron chi connectivity index (χ1n) is 9.94. The van der Waals surface area contributed by atoms with Crippen molar-refractivity contribution >= 4 is 28.3 Å². The third-order valence-electron chi connectivity index (χ3n) is 5.44. The van der Waals surface area contributed by atoms with Gasteiger partial charge in [-0.3, -0.25) is 9.48 Å². The largest absolute Gasteiger partial charge is 0.363 e. The predicted molar refractivity (Wildman–Crippen MR) is 113 cm³/mol. The van der Waals surface area contributed by atoms with Crippen molar-refractivity contribution in [2.45, 2.75) is 45.1 Å². The molecule has 28 heavy (non-hydrogen) atoms. The number of benzene rings is 1. The highest BCUT2D eigenvalue weighted by molar-refractivity contribution is 6.06. The van der Waals surface area contributed by atoms with Gasteiger partial charge < -0.3 is 10.2 Å². The summed E-state index contributed by atoms with van der Waals surface area (Å²) in [6.07, 6.45) is 4.99. The molecule has 1 atom stereocenters. The number of hydrogen-bond donors (Lipinski definition) is 1. The van der Waals surface area contributed by atoms with Crippen molar-refractivity contribution < 1.29 is 4.79 Å². The van der Waals surface area contributed by atoms with E-state index >= 15 is 0 Å². The van der Waals surface area contributed by atoms with Crippen LogP contribution in [0.15, 0.2) is 36.5 Å². The lowest BCUT2D eigenvalue weighted by atomic mass is 10.1. The third kappa shape index (κ3) is 3.46. The van der Waals surface area contributed by atoms with Crippen LogP contribution in [0.2, 0.25) is 0 Å². The Bertz CT molecular complexity index is 1020. The number of carbonyl (C=O) groups is 1. The maximum Gasteiger partial charge on any atom is 0.259 e. The van der Waals surface area contributed by atoms with E-state index in [9.17, 15) is 4.79 Å². The first-order chi connectivity index (χ1) is 13.5. The van der Waals surface area contributed by atoms with Gasteiger partial charge in [0.1, 0.15) is 5.82 Å². The summed E-state index contributed by atoms with van der Waals surface area (Å²) < 4.78 is 2.04. The quantitative estimate of drug-likeness (QED) is 0.682. The third-order valence-corrected chi connectivity index (χ3v) is 5.44. The first-order valence-corrected chi connectivity index (χ1v) is 9.94. The zero-order chi connectivity index (χ0) is 19.8. The van der Waals surface area contributed by atoms with Gasteiger partial charge in [-0.15, -0.1) is 0 Å². The summed E-state index contributed by atoms with van der Waals surface area (Å²) >= 11 is 0. The normalized spacial score (nSPS) is 14.9. The van der Waals surface area contributed by atoms with Gasteiger partial charge in [-0.2, -0.15) is 5.10 Å². The molecule has 1 saturated carbocycles. The second-order valence-electron chi connectivity index (χ2n) is 7.85. The molecular weight excluding hydrogens is 350 g/mol. The lowest BCUT2D eigenvalue weighted by molar-refractivity contribution is 0.102. The van der Waals surface area contributed by atoms with E-state index in [1.165, 1.54) is 0 Å². The van der Waals surface area contributed by atoms with Crippen LogP contribution in [-0.2, 0) is 0 Å². The second kappa shape index (κ2) is 7.26. The van der Waals surface area contributed by atoms with E-state index in [0.29, 0.717) is 17.5 Å². The minimum Gasteiger partial charge on any atom is -0.363 e. The molecule has 2 aromatic heterocycles. The van der Waals surface area contributed by atoms with Gasteiger partial charge in [-0.25, -0.2) is 4.98 Å². The van der Waals surface area contributed by atoms with Crippen molar-refractivity contribution in [2.24, 2.45) is 0 Å². The molecule has 3 aromatic rings. The van der Waals surface area contributed by atoms with Crippen molar-refractivity contribution in [3.05, 3.63) is 47.8 Å². The van der Waals surface area contributed by atoms with Gasteiger partial charge >= 0.3 is 0 Å². The number of hydrogen-bond acceptors (Lipinski definition) is 4. The number of rotatable bonds is 6. The summed E-state index contributed by atoms with van der Waals surface area (Å²) in [4.78, 5) is 19.6. The molecule has 0 radical (unpaired) electrons. The number of amides is 1. The van der Waals surface area contributed by atoms with E-state index in [4.69, 9.17) is 0 Å². The monoisotopic (exact) mass is 377 g/mol. The standard InChI is InChI=1S/C22H27N5O/c1-5-14(2)27-21(15-6-7-15)18(13-23-27)22(28)24-17-9-10-19-16(12-17)8-11-20(25-19)26(3)4/h8-15H,5-7H2,1-4H3,(H,24,28). The maximum atomic E-state index is 13.0. The summed E-state index contributed by atoms with van der Waals surface area (Å²) in [7, 11) is 3.94. The molecule has 0 spiro atoms. The Morgan fingerprint density at radius 2 is 2.07 bits per heavy atom. The van der Waals surface area contributed by atoms with Crippen molar-refractivity contribution in [2.75, 3.05) is 24.3 Å². The first kappa shape index (κ1) is 18.5. The van der Waals surface area contributed by atoms with Crippen LogP contribution in [0.3, 0.4) is 0 Å². The van der Waals surface area contributed by atoms with Gasteiger partial charge in [-0.1, -0.05) is 6.92 Å². The van der Waals surface area contributed by atoms with Crippen molar-refractivity contribution in [1.82, 2.24) is 14.8 Å². The fourth-order valence-electron chi connectivity index (χ4n) is 3.47. The van der Waals surface area contributed by atoms with Crippen LogP contribution in [0.1, 0.15) is 61.1 Å². The average molecular weight is 377 g/mol. The van der Waals surface area contributed by atoms with Crippen molar-refractivity contribution in [3.8, 4) is 0 Å². The summed E-state index contributed by atoms with van der Waals surface area (Å²) in [5.74, 6) is 1.28. The number of aromatic nitrogens is 3. The van der Waals surface area contributed by atoms with Gasteiger partial charge in [0.15, 0.2) is 0 Å². The Labute approximate surface area is 165 Å². The molecule has 0 bridgehead atoms. The highest BCUT2D eigenvalue weighted by Crippen LogP contribution is 2.42. The van der Waals surface area contributed by atoms with Crippen molar-refractivity contribution in [3.63, 3.8) is 0 Å². The summed E-state index contributed by atoms with van der Waals surface area (Å²) in [6.45, 7) is 4.30. The van der Waals surface area contributed by atoms with Gasteiger partial charge in [0.05, 0.1) is 23.0 Å². The Kier molecular flexibility index (Phi) is 4.79. The van der Waals surface area contributed by atoms with E-state index in [1.54, 1.807) is 6.20 Å². The fourth-order valence-corrected chi connectivity index (χ4v) is 3.47. The van der Waals surface area contributed by atoms with Crippen LogP contribution in [0.4, 0.5) is 11.5 Å². The average Bonchev–Trinajstić information content (AvgIpc) is 3.44. The van der Waals surface area contributed by atoms with E-state index in [2.05, 4.69) is 29.2 Å². The van der Waals surface area contributed by atoms with Crippen LogP contribution in [0, 0.1) is 0 Å². The number of fused-ring (bicyclic) bond motifs is 1. The molecule has 1 aliphatic rings. The Morgan fingerprint density at radius 3 is 2.75 bits per heavy atom. The van der Waals surface area contributed by atoms with E-state index in [1.807, 2.05) is 54.0 Å². The fraction of sp³-hybridized carbons (Fsp3) is 0.409. The summed E-state index contributed by atoms with van der Waals surface area (Å²) in [5.41, 5.74) is 3.47. The highest BCUT2D eigenvalue weighted by Gasteiger charge is 2.33. The number of carbonyl (C=O) groups excluding carboxylic acids is 1. The summed E-state index contributed by atoms with van der Waals surface area (Å²) in [6, 6.07) is 10.1. The van der Waals surface area contributed by atoms with Crippen molar-refractivity contribution in [1.29, 1.82) is 0 Å². The van der Waals surface area contributed by atoms with E-state index < -0.39 is 0 Å². The molecule has 6 heteroatoms. The van der Waals surface area contributed by atoms with Gasteiger partial charge in [0.25, 0.3) is 5.91 Å². The summed E-state index contributed by atoms with van der Waals surface area (Å²) in [5, 5.41) is 8.58. The lowest BCUT2D eigenvalue weighted by Gasteiger charge is -2.15. The second-order valence-corrected chi connectivity index (χ2v) is 7.85. The number of anilines is 2. The molecule has 6 nitrogen and oxygen atoms in total. The van der Waals surface area contributed by atoms with E-state index in [0.717, 1.165) is 47.4 Å². The number of pyridine rings is 1. The van der Waals surface area contributed by atoms with Crippen LogP contribution in [0.5, 0.6) is 0 Å². The smallest absolute Gasteiger partial charge is 0.259 e. The maximum absolute atomic E-state index is 13.0. The molecule has 1 N–H and O–H groups in total. The van der Waals surface area contributed by atoms with Crippen LogP contribution >= 0.6 is 0 Å². The van der Waals surface area contributed by atoms with Crippen LogP contribution in [-0.4, -0.2) is 34.8 Å². The molecule has 1 amide bonds. The predicted octanol–water partition coefficient (Wildman–Crippen LogP) is 4.60. The topological polar surface area (TPSA) is 63.1 Å². The molecule has 1 fully saturated rings. The highest BCUT2D eigenvalue weighted by atomic mass is 16.1. The number of nitrogens with one attached hydrogen (secondary N) is 1. The minimum absolute atomic E-state index is 0.0892. The Balaban J connectivity index is 1.60. The zero-order valence-corrected chi connectivity index (χ0v) is 16.9. The van der Waals surface area contributed by atoms with Crippen LogP contribution in [0.25, 0.3) is 10.9 Å². The lowest BCUT2D eigenvalue weighted by Crippen LogP contribution is -2.16. The zero-order valence-electron chi connectivity index (χ0n) is 16.9. The molecular formula is C22H27N5O. The molecule has 1 aliphatic carbocycles. The molecule has 0 aliphatic heterocycles. The molecule has 4 rings (SSSR count). The SMILES string of the molecule is CCC(C)n1ncc(C(=O)Nc2ccc3nc(N(C)C)ccc3c2)c1C1CC1. The van der Waals surface area contributed by atoms with Crippen LogP contribution < -0.4 is 10.2 Å². The number of nitrogens with zero attached hydrogens (tertiary/aromatic N) is 4. The molecule has 1 aromatic carbocycles. The van der Waals surface area contributed by atoms with Gasteiger partial charge in [0.2, 0.25) is 0 Å². The van der Waals surface area contributed by atoms with E-state index in [-0.39, 0.29) is 5.91 Å². The molecule has 1 unspecified atom stereocenters. The minimum atomic E-state index is -0.0892. The van der Waals surface area contributed by atoms with Gasteiger partial charge in [-0.05, 0) is 56.5 Å². The Hall–Kier alpha value is -2.89. The van der Waals surface area contributed by atoms with Gasteiger partial charge in [0, 0.05) is 37.1 Å². The molecule has 146 valence electrons. The molecule has 2 heterocycles. The Morgan fingerprint density at radius 1 is 1.29 bits per heavy atom.